The predicted octanol–water partition coefficient (Wildman–Crippen LogP) is -1.04. The molecule has 90 valence electrons. The molecular formula is C8H14N4O3S. The summed E-state index contributed by atoms with van der Waals surface area (Å²) in [4.78, 5) is 11.0. The fourth-order valence-corrected chi connectivity index (χ4v) is 1.82. The Balaban J connectivity index is 2.69. The van der Waals surface area contributed by atoms with Crippen LogP contribution >= 0.6 is 0 Å². The standard InChI is InChI=1S/C8H14N4O3S/c1-3-16(14,15)6-7-4-12(11-10-7)5-8(13)9-2/h4H,3,5-6H2,1-2H3,(H,9,13). The van der Waals surface area contributed by atoms with Crippen molar-refractivity contribution in [2.24, 2.45) is 0 Å². The van der Waals surface area contributed by atoms with E-state index in [0.717, 1.165) is 0 Å². The van der Waals surface area contributed by atoms with E-state index < -0.39 is 9.84 Å². The fourth-order valence-electron chi connectivity index (χ4n) is 1.04. The maximum absolute atomic E-state index is 11.3. The van der Waals surface area contributed by atoms with Gasteiger partial charge in [0.2, 0.25) is 5.91 Å². The molecule has 1 heterocycles. The molecule has 0 saturated heterocycles. The van der Waals surface area contributed by atoms with Crippen molar-refractivity contribution < 1.29 is 13.2 Å². The molecule has 0 bridgehead atoms. The highest BCUT2D eigenvalue weighted by Gasteiger charge is 2.12. The molecule has 0 aliphatic rings. The van der Waals surface area contributed by atoms with Crippen LogP contribution in [0.3, 0.4) is 0 Å². The van der Waals surface area contributed by atoms with Gasteiger partial charge in [0.05, 0.1) is 17.6 Å². The third-order valence-corrected chi connectivity index (χ3v) is 3.59. The van der Waals surface area contributed by atoms with E-state index >= 15 is 0 Å². The Hall–Kier alpha value is -1.44. The molecule has 8 heteroatoms. The summed E-state index contributed by atoms with van der Waals surface area (Å²) in [6.07, 6.45) is 1.46. The largest absolute Gasteiger partial charge is 0.358 e. The highest BCUT2D eigenvalue weighted by Crippen LogP contribution is 2.02. The first-order chi connectivity index (χ1) is 7.46. The van der Waals surface area contributed by atoms with E-state index in [-0.39, 0.29) is 24.0 Å². The second-order valence-electron chi connectivity index (χ2n) is 3.26. The van der Waals surface area contributed by atoms with E-state index in [1.165, 1.54) is 17.9 Å². The second kappa shape index (κ2) is 5.06. The number of carbonyl (C=O) groups excluding carboxylic acids is 1. The first kappa shape index (κ1) is 12.6. The molecule has 0 spiro atoms. The van der Waals surface area contributed by atoms with Crippen molar-refractivity contribution in [2.45, 2.75) is 19.2 Å². The Kier molecular flexibility index (Phi) is 3.99. The average Bonchev–Trinajstić information content (AvgIpc) is 2.64. The van der Waals surface area contributed by atoms with Crippen molar-refractivity contribution >= 4 is 15.7 Å². The number of likely N-dealkylation sites (N-methyl/N-ethyl adjacent to an activating group) is 1. The number of nitrogens with one attached hydrogen (secondary N) is 1. The first-order valence-corrected chi connectivity index (χ1v) is 6.59. The maximum atomic E-state index is 11.3. The normalized spacial score (nSPS) is 11.4. The Labute approximate surface area is 93.8 Å². The molecule has 7 nitrogen and oxygen atoms in total. The van der Waals surface area contributed by atoms with Crippen LogP contribution in [0.25, 0.3) is 0 Å². The minimum atomic E-state index is -3.11. The predicted molar refractivity (Wildman–Crippen MR) is 57.3 cm³/mol. The summed E-state index contributed by atoms with van der Waals surface area (Å²) in [6, 6.07) is 0. The van der Waals surface area contributed by atoms with E-state index in [1.807, 2.05) is 0 Å². The number of aromatic nitrogens is 3. The third kappa shape index (κ3) is 3.61. The minimum absolute atomic E-state index is 0.0374. The van der Waals surface area contributed by atoms with Crippen LogP contribution < -0.4 is 5.32 Å². The molecule has 1 amide bonds. The summed E-state index contributed by atoms with van der Waals surface area (Å²) < 4.78 is 23.9. The molecule has 1 aromatic rings. The van der Waals surface area contributed by atoms with E-state index in [0.29, 0.717) is 5.69 Å². The molecule has 0 radical (unpaired) electrons. The average molecular weight is 246 g/mol. The van der Waals surface area contributed by atoms with E-state index in [4.69, 9.17) is 0 Å². The van der Waals surface area contributed by atoms with Crippen molar-refractivity contribution in [3.63, 3.8) is 0 Å². The highest BCUT2D eigenvalue weighted by atomic mass is 32.2. The van der Waals surface area contributed by atoms with Crippen LogP contribution in [-0.4, -0.2) is 42.1 Å². The van der Waals surface area contributed by atoms with Crippen molar-refractivity contribution in [3.05, 3.63) is 11.9 Å². The van der Waals surface area contributed by atoms with Gasteiger partial charge in [-0.2, -0.15) is 0 Å². The number of sulfone groups is 1. The van der Waals surface area contributed by atoms with Crippen LogP contribution in [0.1, 0.15) is 12.6 Å². The van der Waals surface area contributed by atoms with Crippen molar-refractivity contribution in [1.29, 1.82) is 0 Å². The molecule has 1 aromatic heterocycles. The highest BCUT2D eigenvalue weighted by molar-refractivity contribution is 7.90. The van der Waals surface area contributed by atoms with Crippen LogP contribution in [0.5, 0.6) is 0 Å². The van der Waals surface area contributed by atoms with Crippen LogP contribution in [0.2, 0.25) is 0 Å². The van der Waals surface area contributed by atoms with Gasteiger partial charge in [-0.05, 0) is 0 Å². The Morgan fingerprint density at radius 2 is 2.25 bits per heavy atom. The number of rotatable bonds is 5. The Morgan fingerprint density at radius 1 is 1.56 bits per heavy atom. The molecule has 0 atom stereocenters. The van der Waals surface area contributed by atoms with Crippen molar-refractivity contribution in [1.82, 2.24) is 20.3 Å². The lowest BCUT2D eigenvalue weighted by Gasteiger charge is -1.97. The second-order valence-corrected chi connectivity index (χ2v) is 5.61. The lowest BCUT2D eigenvalue weighted by molar-refractivity contribution is -0.121. The summed E-state index contributed by atoms with van der Waals surface area (Å²) in [5.41, 5.74) is 0.353. The zero-order valence-electron chi connectivity index (χ0n) is 9.17. The van der Waals surface area contributed by atoms with Gasteiger partial charge in [-0.25, -0.2) is 13.1 Å². The molecular weight excluding hydrogens is 232 g/mol. The molecule has 0 saturated carbocycles. The van der Waals surface area contributed by atoms with Crippen molar-refractivity contribution in [3.8, 4) is 0 Å². The third-order valence-electron chi connectivity index (χ3n) is 1.98. The van der Waals surface area contributed by atoms with Crippen LogP contribution in [0, 0.1) is 0 Å². The monoisotopic (exact) mass is 246 g/mol. The quantitative estimate of drug-likeness (QED) is 0.716. The van der Waals surface area contributed by atoms with Gasteiger partial charge in [-0.15, -0.1) is 5.10 Å². The summed E-state index contributed by atoms with van der Waals surface area (Å²) in [6.45, 7) is 1.61. The number of hydrogen-bond donors (Lipinski definition) is 1. The van der Waals surface area contributed by atoms with Gasteiger partial charge < -0.3 is 5.32 Å². The SMILES string of the molecule is CCS(=O)(=O)Cc1cn(CC(=O)NC)nn1. The summed E-state index contributed by atoms with van der Waals surface area (Å²) in [7, 11) is -1.59. The smallest absolute Gasteiger partial charge is 0.241 e. The molecule has 0 fully saturated rings. The van der Waals surface area contributed by atoms with E-state index in [9.17, 15) is 13.2 Å². The molecule has 1 rings (SSSR count). The molecule has 1 N–H and O–H groups in total. The van der Waals surface area contributed by atoms with Gasteiger partial charge >= 0.3 is 0 Å². The maximum Gasteiger partial charge on any atom is 0.241 e. The summed E-state index contributed by atoms with van der Waals surface area (Å²) in [5, 5.41) is 9.79. The first-order valence-electron chi connectivity index (χ1n) is 4.77. The Bertz CT molecular complexity index is 465. The van der Waals surface area contributed by atoms with E-state index in [1.54, 1.807) is 6.92 Å². The lowest BCUT2D eigenvalue weighted by Crippen LogP contribution is -2.23. The topological polar surface area (TPSA) is 94.0 Å². The number of hydrogen-bond acceptors (Lipinski definition) is 5. The van der Waals surface area contributed by atoms with Gasteiger partial charge in [-0.1, -0.05) is 12.1 Å². The lowest BCUT2D eigenvalue weighted by atomic mass is 10.5. The van der Waals surface area contributed by atoms with Gasteiger partial charge in [-0.3, -0.25) is 4.79 Å². The van der Waals surface area contributed by atoms with Crippen LogP contribution in [0.4, 0.5) is 0 Å². The zero-order chi connectivity index (χ0) is 12.2. The zero-order valence-corrected chi connectivity index (χ0v) is 9.99. The molecule has 16 heavy (non-hydrogen) atoms. The molecule has 0 unspecified atom stereocenters. The molecule has 0 aliphatic carbocycles. The van der Waals surface area contributed by atoms with Crippen molar-refractivity contribution in [2.75, 3.05) is 12.8 Å². The van der Waals surface area contributed by atoms with Crippen LogP contribution in [-0.2, 0) is 26.9 Å². The van der Waals surface area contributed by atoms with Gasteiger partial charge in [0.15, 0.2) is 9.84 Å². The molecule has 0 aromatic carbocycles. The number of carbonyl (C=O) groups is 1. The van der Waals surface area contributed by atoms with E-state index in [2.05, 4.69) is 15.6 Å². The van der Waals surface area contributed by atoms with Gasteiger partial charge in [0, 0.05) is 12.8 Å². The Morgan fingerprint density at radius 3 is 2.81 bits per heavy atom. The minimum Gasteiger partial charge on any atom is -0.358 e. The molecule has 0 aliphatic heterocycles. The fraction of sp³-hybridized carbons (Fsp3) is 0.625. The number of amides is 1. The van der Waals surface area contributed by atoms with Gasteiger partial charge in [0.1, 0.15) is 6.54 Å². The van der Waals surface area contributed by atoms with Crippen LogP contribution in [0.15, 0.2) is 6.20 Å². The number of nitrogens with zero attached hydrogens (tertiary/aromatic N) is 3. The van der Waals surface area contributed by atoms with Gasteiger partial charge in [0.25, 0.3) is 0 Å². The summed E-state index contributed by atoms with van der Waals surface area (Å²) in [5.74, 6) is -0.290. The summed E-state index contributed by atoms with van der Waals surface area (Å²) >= 11 is 0.